The van der Waals surface area contributed by atoms with Crippen LogP contribution in [0.25, 0.3) is 0 Å². The van der Waals surface area contributed by atoms with Crippen molar-refractivity contribution in [2.45, 2.75) is 38.8 Å². The van der Waals surface area contributed by atoms with Gasteiger partial charge in [0.15, 0.2) is 0 Å². The Kier molecular flexibility index (Phi) is 7.21. The van der Waals surface area contributed by atoms with Crippen LogP contribution in [0.3, 0.4) is 0 Å². The van der Waals surface area contributed by atoms with Gasteiger partial charge in [-0.3, -0.25) is 9.59 Å². The summed E-state index contributed by atoms with van der Waals surface area (Å²) in [5.74, 6) is -2.46. The molecule has 22 heavy (non-hydrogen) atoms. The second-order valence-corrected chi connectivity index (χ2v) is 4.47. The second-order valence-electron chi connectivity index (χ2n) is 4.47. The molecular formula is C14H16F3NO4. The van der Waals surface area contributed by atoms with Crippen molar-refractivity contribution < 1.29 is 32.6 Å². The number of carbonyl (C=O) groups excluding carboxylic acids is 1. The monoisotopic (exact) mass is 319 g/mol. The summed E-state index contributed by atoms with van der Waals surface area (Å²) < 4.78 is 42.2. The van der Waals surface area contributed by atoms with Crippen LogP contribution in [0, 0.1) is 5.82 Å². The van der Waals surface area contributed by atoms with Crippen LogP contribution in [-0.4, -0.2) is 23.6 Å². The maximum Gasteiger partial charge on any atom is 0.387 e. The zero-order valence-corrected chi connectivity index (χ0v) is 11.7. The van der Waals surface area contributed by atoms with E-state index in [2.05, 4.69) is 10.1 Å². The van der Waals surface area contributed by atoms with E-state index in [-0.39, 0.29) is 30.7 Å². The molecule has 0 atom stereocenters. The summed E-state index contributed by atoms with van der Waals surface area (Å²) >= 11 is 0. The van der Waals surface area contributed by atoms with Gasteiger partial charge in [0.05, 0.1) is 0 Å². The molecule has 5 nitrogen and oxygen atoms in total. The fourth-order valence-electron chi connectivity index (χ4n) is 1.75. The molecule has 1 amide bonds. The smallest absolute Gasteiger partial charge is 0.387 e. The summed E-state index contributed by atoms with van der Waals surface area (Å²) in [6.45, 7) is -3.38. The molecule has 0 fully saturated rings. The molecule has 0 spiro atoms. The number of rotatable bonds is 9. The maximum absolute atomic E-state index is 13.6. The van der Waals surface area contributed by atoms with Gasteiger partial charge in [-0.15, -0.1) is 0 Å². The van der Waals surface area contributed by atoms with E-state index >= 15 is 0 Å². The van der Waals surface area contributed by atoms with Crippen molar-refractivity contribution in [3.63, 3.8) is 0 Å². The molecule has 0 heterocycles. The van der Waals surface area contributed by atoms with Crippen LogP contribution in [0.2, 0.25) is 0 Å². The van der Waals surface area contributed by atoms with Crippen LogP contribution in [-0.2, 0) is 16.1 Å². The Morgan fingerprint density at radius 3 is 2.55 bits per heavy atom. The first kappa shape index (κ1) is 17.8. The minimum Gasteiger partial charge on any atom is -0.481 e. The Labute approximate surface area is 125 Å². The molecule has 8 heteroatoms. The van der Waals surface area contributed by atoms with Crippen LogP contribution in [0.15, 0.2) is 18.2 Å². The van der Waals surface area contributed by atoms with E-state index in [1.807, 2.05) is 0 Å². The molecule has 0 saturated carbocycles. The highest BCUT2D eigenvalue weighted by molar-refractivity contribution is 5.76. The van der Waals surface area contributed by atoms with Gasteiger partial charge in [0.2, 0.25) is 5.91 Å². The van der Waals surface area contributed by atoms with Crippen LogP contribution < -0.4 is 10.1 Å². The molecular weight excluding hydrogens is 303 g/mol. The first-order valence-electron chi connectivity index (χ1n) is 6.61. The van der Waals surface area contributed by atoms with Gasteiger partial charge in [-0.05, 0) is 25.0 Å². The normalized spacial score (nSPS) is 10.5. The minimum atomic E-state index is -3.09. The third kappa shape index (κ3) is 6.47. The van der Waals surface area contributed by atoms with Gasteiger partial charge in [-0.2, -0.15) is 8.78 Å². The Morgan fingerprint density at radius 1 is 1.23 bits per heavy atom. The van der Waals surface area contributed by atoms with Gasteiger partial charge in [0, 0.05) is 24.9 Å². The average molecular weight is 319 g/mol. The Bertz CT molecular complexity index is 523. The van der Waals surface area contributed by atoms with Crippen LogP contribution >= 0.6 is 0 Å². The number of hydrogen-bond acceptors (Lipinski definition) is 3. The fourth-order valence-corrected chi connectivity index (χ4v) is 1.75. The van der Waals surface area contributed by atoms with Gasteiger partial charge >= 0.3 is 12.6 Å². The topological polar surface area (TPSA) is 75.6 Å². The first-order valence-corrected chi connectivity index (χ1v) is 6.61. The first-order chi connectivity index (χ1) is 10.4. The number of benzene rings is 1. The Morgan fingerprint density at radius 2 is 1.91 bits per heavy atom. The van der Waals surface area contributed by atoms with E-state index in [4.69, 9.17) is 5.11 Å². The lowest BCUT2D eigenvalue weighted by Gasteiger charge is -2.12. The van der Waals surface area contributed by atoms with Crippen molar-refractivity contribution in [2.24, 2.45) is 0 Å². The second kappa shape index (κ2) is 8.91. The van der Waals surface area contributed by atoms with Gasteiger partial charge < -0.3 is 15.2 Å². The molecule has 0 aliphatic carbocycles. The van der Waals surface area contributed by atoms with E-state index in [0.29, 0.717) is 12.8 Å². The lowest BCUT2D eigenvalue weighted by atomic mass is 10.1. The lowest BCUT2D eigenvalue weighted by molar-refractivity contribution is -0.137. The molecule has 0 aliphatic heterocycles. The molecule has 1 rings (SSSR count). The van der Waals surface area contributed by atoms with E-state index in [0.717, 1.165) is 6.07 Å². The summed E-state index contributed by atoms with van der Waals surface area (Å²) in [5, 5.41) is 10.8. The number of aliphatic carboxylic acids is 1. The zero-order chi connectivity index (χ0) is 16.5. The molecule has 0 aromatic heterocycles. The Balaban J connectivity index is 2.49. The summed E-state index contributed by atoms with van der Waals surface area (Å²) in [7, 11) is 0. The number of nitrogens with one attached hydrogen (secondary N) is 1. The molecule has 2 N–H and O–H groups in total. The third-order valence-corrected chi connectivity index (χ3v) is 2.80. The number of amides is 1. The predicted molar refractivity (Wildman–Crippen MR) is 71.0 cm³/mol. The largest absolute Gasteiger partial charge is 0.481 e. The number of hydrogen-bond donors (Lipinski definition) is 2. The van der Waals surface area contributed by atoms with E-state index in [1.165, 1.54) is 12.1 Å². The van der Waals surface area contributed by atoms with Crippen LogP contribution in [0.5, 0.6) is 5.75 Å². The average Bonchev–Trinajstić information content (AvgIpc) is 2.42. The number of halogens is 3. The van der Waals surface area contributed by atoms with Gasteiger partial charge in [0.25, 0.3) is 0 Å². The number of alkyl halides is 2. The van der Waals surface area contributed by atoms with Crippen molar-refractivity contribution in [3.05, 3.63) is 29.6 Å². The standard InChI is InChI=1S/C14H16F3NO4/c15-10-4-3-5-11(22-14(16)17)9(10)8-18-12(19)6-1-2-7-13(20)21/h3-5,14H,1-2,6-8H2,(H,18,19)(H,20,21). The molecule has 1 aromatic rings. The molecule has 1 aromatic carbocycles. The van der Waals surface area contributed by atoms with Crippen molar-refractivity contribution >= 4 is 11.9 Å². The molecule has 0 bridgehead atoms. The number of unbranched alkanes of at least 4 members (excludes halogenated alkanes) is 1. The van der Waals surface area contributed by atoms with Gasteiger partial charge in [-0.25, -0.2) is 4.39 Å². The molecule has 122 valence electrons. The molecule has 0 saturated heterocycles. The van der Waals surface area contributed by atoms with E-state index < -0.39 is 24.3 Å². The summed E-state index contributed by atoms with van der Waals surface area (Å²) in [6.07, 6.45) is 0.762. The fraction of sp³-hybridized carbons (Fsp3) is 0.429. The summed E-state index contributed by atoms with van der Waals surface area (Å²) in [4.78, 5) is 21.8. The number of carboxylic acids is 1. The SMILES string of the molecule is O=C(O)CCCCC(=O)NCc1c(F)cccc1OC(F)F. The van der Waals surface area contributed by atoms with E-state index in [9.17, 15) is 22.8 Å². The highest BCUT2D eigenvalue weighted by Gasteiger charge is 2.14. The highest BCUT2D eigenvalue weighted by atomic mass is 19.3. The van der Waals surface area contributed by atoms with Crippen molar-refractivity contribution in [1.82, 2.24) is 5.32 Å². The van der Waals surface area contributed by atoms with Crippen LogP contribution in [0.1, 0.15) is 31.2 Å². The predicted octanol–water partition coefficient (Wildman–Crippen LogP) is 2.69. The van der Waals surface area contributed by atoms with Crippen molar-refractivity contribution in [3.8, 4) is 5.75 Å². The summed E-state index contributed by atoms with van der Waals surface area (Å²) in [5.41, 5.74) is -0.165. The van der Waals surface area contributed by atoms with Crippen molar-refractivity contribution in [1.29, 1.82) is 0 Å². The Hall–Kier alpha value is -2.25. The number of carbonyl (C=O) groups is 2. The quantitative estimate of drug-likeness (QED) is 0.686. The third-order valence-electron chi connectivity index (χ3n) is 2.80. The maximum atomic E-state index is 13.6. The molecule has 0 aliphatic rings. The van der Waals surface area contributed by atoms with Gasteiger partial charge in [-0.1, -0.05) is 6.07 Å². The molecule has 0 unspecified atom stereocenters. The lowest BCUT2D eigenvalue weighted by Crippen LogP contribution is -2.23. The molecule has 0 radical (unpaired) electrons. The zero-order valence-electron chi connectivity index (χ0n) is 11.7. The van der Waals surface area contributed by atoms with Gasteiger partial charge in [0.1, 0.15) is 11.6 Å². The number of carboxylic acid groups (broad SMARTS) is 1. The van der Waals surface area contributed by atoms with Crippen LogP contribution in [0.4, 0.5) is 13.2 Å². The highest BCUT2D eigenvalue weighted by Crippen LogP contribution is 2.23. The van der Waals surface area contributed by atoms with E-state index in [1.54, 1.807) is 0 Å². The number of ether oxygens (including phenoxy) is 1. The summed E-state index contributed by atoms with van der Waals surface area (Å²) in [6, 6.07) is 3.49. The van der Waals surface area contributed by atoms with Crippen molar-refractivity contribution in [2.75, 3.05) is 0 Å². The minimum absolute atomic E-state index is 0.0348.